The van der Waals surface area contributed by atoms with Gasteiger partial charge in [-0.15, -0.1) is 0 Å². The van der Waals surface area contributed by atoms with Gasteiger partial charge in [0.25, 0.3) is 5.91 Å². The number of hydrogen-bond acceptors (Lipinski definition) is 3. The topological polar surface area (TPSA) is 84.2 Å². The van der Waals surface area contributed by atoms with E-state index < -0.39 is 5.91 Å². The van der Waals surface area contributed by atoms with Crippen LogP contribution >= 0.6 is 0 Å². The molecule has 0 aromatic heterocycles. The molecule has 96 valence electrons. The van der Waals surface area contributed by atoms with Gasteiger partial charge in [0.2, 0.25) is 5.91 Å². The molecule has 1 aliphatic rings. The Hall–Kier alpha value is -1.88. The Morgan fingerprint density at radius 2 is 2.11 bits per heavy atom. The summed E-state index contributed by atoms with van der Waals surface area (Å²) in [6, 6.07) is 6.44. The highest BCUT2D eigenvalue weighted by atomic mass is 16.2. The number of carbonyl (C=O) groups is 2. The standard InChI is InChI=1S/C13H17N3O2/c1-13(5-6-15-8-13)16-12(18)10-4-2-3-9(7-10)11(14)17/h2-4,7,15H,5-6,8H2,1H3,(H2,14,17)(H,16,18). The second kappa shape index (κ2) is 4.78. The normalized spacial score (nSPS) is 22.7. The molecule has 0 aliphatic carbocycles. The third kappa shape index (κ3) is 2.68. The number of nitrogens with one attached hydrogen (secondary N) is 2. The van der Waals surface area contributed by atoms with Gasteiger partial charge in [-0.1, -0.05) is 6.07 Å². The first-order valence-electron chi connectivity index (χ1n) is 5.93. The van der Waals surface area contributed by atoms with Crippen molar-refractivity contribution in [2.45, 2.75) is 18.9 Å². The summed E-state index contributed by atoms with van der Waals surface area (Å²) in [6.07, 6.45) is 0.897. The quantitative estimate of drug-likeness (QED) is 0.716. The highest BCUT2D eigenvalue weighted by molar-refractivity contribution is 5.99. The van der Waals surface area contributed by atoms with Gasteiger partial charge in [-0.3, -0.25) is 9.59 Å². The summed E-state index contributed by atoms with van der Waals surface area (Å²) in [6.45, 7) is 3.66. The maximum atomic E-state index is 12.1. The molecule has 0 saturated carbocycles. The van der Waals surface area contributed by atoms with Crippen LogP contribution in [0.25, 0.3) is 0 Å². The molecule has 1 heterocycles. The van der Waals surface area contributed by atoms with Crippen LogP contribution in [-0.4, -0.2) is 30.4 Å². The summed E-state index contributed by atoms with van der Waals surface area (Å²) in [4.78, 5) is 23.2. The molecule has 18 heavy (non-hydrogen) atoms. The second-order valence-corrected chi connectivity index (χ2v) is 4.89. The van der Waals surface area contributed by atoms with Crippen molar-refractivity contribution in [2.75, 3.05) is 13.1 Å². The molecule has 1 fully saturated rings. The van der Waals surface area contributed by atoms with Crippen LogP contribution < -0.4 is 16.4 Å². The zero-order chi connectivity index (χ0) is 13.2. The van der Waals surface area contributed by atoms with Gasteiger partial charge in [0.05, 0.1) is 5.54 Å². The Labute approximate surface area is 106 Å². The average Bonchev–Trinajstić information content (AvgIpc) is 2.76. The first kappa shape index (κ1) is 12.6. The minimum atomic E-state index is -0.529. The van der Waals surface area contributed by atoms with Gasteiger partial charge < -0.3 is 16.4 Å². The summed E-state index contributed by atoms with van der Waals surface area (Å²) in [5.74, 6) is -0.706. The number of benzene rings is 1. The molecule has 1 aromatic rings. The molecule has 0 bridgehead atoms. The molecule has 1 aliphatic heterocycles. The van der Waals surface area contributed by atoms with Gasteiger partial charge in [0.15, 0.2) is 0 Å². The van der Waals surface area contributed by atoms with Gasteiger partial charge in [-0.25, -0.2) is 0 Å². The van der Waals surface area contributed by atoms with Crippen LogP contribution in [0.5, 0.6) is 0 Å². The Morgan fingerprint density at radius 3 is 2.72 bits per heavy atom. The van der Waals surface area contributed by atoms with Crippen molar-refractivity contribution in [2.24, 2.45) is 5.73 Å². The van der Waals surface area contributed by atoms with E-state index in [9.17, 15) is 9.59 Å². The number of hydrogen-bond donors (Lipinski definition) is 3. The van der Waals surface area contributed by atoms with Gasteiger partial charge in [0.1, 0.15) is 0 Å². The van der Waals surface area contributed by atoms with E-state index in [0.29, 0.717) is 11.1 Å². The summed E-state index contributed by atoms with van der Waals surface area (Å²) >= 11 is 0. The number of primary amides is 1. The number of amides is 2. The van der Waals surface area contributed by atoms with Crippen molar-refractivity contribution in [1.82, 2.24) is 10.6 Å². The predicted octanol–water partition coefficient (Wildman–Crippen LogP) is 0.267. The lowest BCUT2D eigenvalue weighted by atomic mass is 10.0. The third-order valence-corrected chi connectivity index (χ3v) is 3.19. The zero-order valence-electron chi connectivity index (χ0n) is 10.3. The fourth-order valence-corrected chi connectivity index (χ4v) is 2.08. The van der Waals surface area contributed by atoms with E-state index in [1.54, 1.807) is 18.2 Å². The minimum absolute atomic E-state index is 0.177. The SMILES string of the molecule is CC1(NC(=O)c2cccc(C(N)=O)c2)CCNC1. The highest BCUT2D eigenvalue weighted by Gasteiger charge is 2.30. The predicted molar refractivity (Wildman–Crippen MR) is 68.3 cm³/mol. The smallest absolute Gasteiger partial charge is 0.251 e. The molecule has 2 amide bonds. The summed E-state index contributed by atoms with van der Waals surface area (Å²) in [5, 5.41) is 6.19. The molecule has 2 rings (SSSR count). The van der Waals surface area contributed by atoms with Crippen molar-refractivity contribution < 1.29 is 9.59 Å². The van der Waals surface area contributed by atoms with E-state index in [1.165, 1.54) is 6.07 Å². The molecular formula is C13H17N3O2. The Balaban J connectivity index is 2.13. The Bertz CT molecular complexity index is 479. The Morgan fingerprint density at radius 1 is 1.39 bits per heavy atom. The van der Waals surface area contributed by atoms with E-state index in [0.717, 1.165) is 19.5 Å². The number of nitrogens with two attached hydrogens (primary N) is 1. The lowest BCUT2D eigenvalue weighted by Crippen LogP contribution is -2.47. The van der Waals surface area contributed by atoms with E-state index >= 15 is 0 Å². The largest absolute Gasteiger partial charge is 0.366 e. The van der Waals surface area contributed by atoms with E-state index in [2.05, 4.69) is 10.6 Å². The molecule has 0 radical (unpaired) electrons. The fraction of sp³-hybridized carbons (Fsp3) is 0.385. The molecule has 1 aromatic carbocycles. The van der Waals surface area contributed by atoms with Crippen molar-refractivity contribution >= 4 is 11.8 Å². The minimum Gasteiger partial charge on any atom is -0.366 e. The lowest BCUT2D eigenvalue weighted by Gasteiger charge is -2.24. The first-order valence-corrected chi connectivity index (χ1v) is 5.93. The molecule has 5 nitrogen and oxygen atoms in total. The monoisotopic (exact) mass is 247 g/mol. The van der Waals surface area contributed by atoms with Crippen molar-refractivity contribution in [1.29, 1.82) is 0 Å². The van der Waals surface area contributed by atoms with E-state index in [1.807, 2.05) is 6.92 Å². The van der Waals surface area contributed by atoms with Crippen molar-refractivity contribution in [3.8, 4) is 0 Å². The summed E-state index contributed by atoms with van der Waals surface area (Å²) < 4.78 is 0. The highest BCUT2D eigenvalue weighted by Crippen LogP contribution is 2.14. The average molecular weight is 247 g/mol. The van der Waals surface area contributed by atoms with Crippen LogP contribution in [0.3, 0.4) is 0 Å². The Kier molecular flexibility index (Phi) is 3.34. The maximum absolute atomic E-state index is 12.1. The molecule has 1 atom stereocenters. The summed E-state index contributed by atoms with van der Waals surface area (Å²) in [7, 11) is 0. The molecule has 1 saturated heterocycles. The van der Waals surface area contributed by atoms with Crippen LogP contribution in [0.4, 0.5) is 0 Å². The number of rotatable bonds is 3. The van der Waals surface area contributed by atoms with Gasteiger partial charge >= 0.3 is 0 Å². The molecule has 5 heteroatoms. The van der Waals surface area contributed by atoms with Crippen LogP contribution in [0.2, 0.25) is 0 Å². The van der Waals surface area contributed by atoms with Crippen LogP contribution in [0, 0.1) is 0 Å². The van der Waals surface area contributed by atoms with Crippen LogP contribution in [-0.2, 0) is 0 Å². The molecular weight excluding hydrogens is 230 g/mol. The van der Waals surface area contributed by atoms with Gasteiger partial charge in [-0.2, -0.15) is 0 Å². The third-order valence-electron chi connectivity index (χ3n) is 3.19. The molecule has 0 spiro atoms. The molecule has 1 unspecified atom stereocenters. The van der Waals surface area contributed by atoms with Gasteiger partial charge in [0, 0.05) is 17.7 Å². The molecule has 4 N–H and O–H groups in total. The van der Waals surface area contributed by atoms with E-state index in [4.69, 9.17) is 5.73 Å². The van der Waals surface area contributed by atoms with Crippen LogP contribution in [0.1, 0.15) is 34.1 Å². The first-order chi connectivity index (χ1) is 8.50. The maximum Gasteiger partial charge on any atom is 0.251 e. The van der Waals surface area contributed by atoms with Crippen molar-refractivity contribution in [3.63, 3.8) is 0 Å². The zero-order valence-corrected chi connectivity index (χ0v) is 10.3. The lowest BCUT2D eigenvalue weighted by molar-refractivity contribution is 0.0913. The van der Waals surface area contributed by atoms with Crippen LogP contribution in [0.15, 0.2) is 24.3 Å². The fourth-order valence-electron chi connectivity index (χ4n) is 2.08. The summed E-state index contributed by atoms with van der Waals surface area (Å²) in [5.41, 5.74) is 5.77. The van der Waals surface area contributed by atoms with E-state index in [-0.39, 0.29) is 11.4 Å². The van der Waals surface area contributed by atoms with Gasteiger partial charge in [-0.05, 0) is 38.1 Å². The number of carbonyl (C=O) groups excluding carboxylic acids is 2. The van der Waals surface area contributed by atoms with Crippen molar-refractivity contribution in [3.05, 3.63) is 35.4 Å². The second-order valence-electron chi connectivity index (χ2n) is 4.89.